The zero-order chi connectivity index (χ0) is 19.0. The number of tetrazole rings is 1. The summed E-state index contributed by atoms with van der Waals surface area (Å²) < 4.78 is 29.8. The maximum Gasteiger partial charge on any atom is 0.261 e. The minimum absolute atomic E-state index is 0.0763. The number of carbonyl (C=O) groups excluding carboxylic acids is 1. The highest BCUT2D eigenvalue weighted by molar-refractivity contribution is 7.92. The molecule has 0 fully saturated rings. The molecule has 1 N–H and O–H groups in total. The highest BCUT2D eigenvalue weighted by Gasteiger charge is 2.25. The van der Waals surface area contributed by atoms with Crippen LogP contribution < -0.4 is 4.72 Å². The first kappa shape index (κ1) is 17.2. The molecule has 1 aromatic heterocycles. The minimum atomic E-state index is -3.85. The van der Waals surface area contributed by atoms with Crippen LogP contribution in [-0.2, 0) is 16.4 Å². The smallest absolute Gasteiger partial charge is 0.261 e. The number of hydrogen-bond acceptors (Lipinski definition) is 6. The molecule has 9 nitrogen and oxygen atoms in total. The molecule has 1 aliphatic heterocycles. The van der Waals surface area contributed by atoms with E-state index in [1.807, 2.05) is 0 Å². The van der Waals surface area contributed by atoms with E-state index < -0.39 is 10.0 Å². The molecule has 10 heteroatoms. The first-order valence-corrected chi connectivity index (χ1v) is 9.67. The van der Waals surface area contributed by atoms with E-state index in [4.69, 9.17) is 0 Å². The third-order valence-electron chi connectivity index (χ3n) is 4.44. The van der Waals surface area contributed by atoms with Gasteiger partial charge in [0.25, 0.3) is 15.9 Å². The van der Waals surface area contributed by atoms with Gasteiger partial charge in [-0.25, -0.2) is 13.1 Å². The minimum Gasteiger partial charge on any atom is -0.341 e. The summed E-state index contributed by atoms with van der Waals surface area (Å²) >= 11 is 0. The number of amides is 1. The molecule has 2 aromatic carbocycles. The molecule has 0 saturated carbocycles. The third-order valence-corrected chi connectivity index (χ3v) is 5.80. The van der Waals surface area contributed by atoms with Crippen LogP contribution in [0.5, 0.6) is 0 Å². The van der Waals surface area contributed by atoms with Gasteiger partial charge in [0.05, 0.1) is 16.3 Å². The number of nitrogens with one attached hydrogen (secondary N) is 1. The highest BCUT2D eigenvalue weighted by Crippen LogP contribution is 2.28. The summed E-state index contributed by atoms with van der Waals surface area (Å²) in [4.78, 5) is 14.0. The predicted octanol–water partition coefficient (Wildman–Crippen LogP) is 1.09. The Balaban J connectivity index is 1.69. The first-order valence-electron chi connectivity index (χ1n) is 8.19. The summed E-state index contributed by atoms with van der Waals surface area (Å²) in [5, 5.41) is 10.9. The average Bonchev–Trinajstić information content (AvgIpc) is 3.20. The van der Waals surface area contributed by atoms with Crippen LogP contribution in [0.2, 0.25) is 0 Å². The molecule has 0 bridgehead atoms. The number of likely N-dealkylation sites (N-methyl/N-ethyl adjacent to an activating group) is 1. The molecule has 0 aliphatic carbocycles. The molecule has 27 heavy (non-hydrogen) atoms. The summed E-state index contributed by atoms with van der Waals surface area (Å²) in [6, 6.07) is 11.3. The van der Waals surface area contributed by atoms with E-state index >= 15 is 0 Å². The fourth-order valence-electron chi connectivity index (χ4n) is 3.02. The van der Waals surface area contributed by atoms with Crippen LogP contribution in [0.4, 0.5) is 5.69 Å². The average molecular weight is 384 g/mol. The number of carbonyl (C=O) groups is 1. The van der Waals surface area contributed by atoms with Gasteiger partial charge in [-0.15, -0.1) is 5.10 Å². The third kappa shape index (κ3) is 3.14. The van der Waals surface area contributed by atoms with Crippen LogP contribution in [0, 0.1) is 0 Å². The van der Waals surface area contributed by atoms with Gasteiger partial charge in [0.1, 0.15) is 6.33 Å². The zero-order valence-electron chi connectivity index (χ0n) is 14.4. The van der Waals surface area contributed by atoms with Crippen LogP contribution >= 0.6 is 0 Å². The number of sulfonamides is 1. The Morgan fingerprint density at radius 1 is 1.15 bits per heavy atom. The molecular formula is C17H16N6O3S. The summed E-state index contributed by atoms with van der Waals surface area (Å²) in [7, 11) is -2.12. The molecule has 138 valence electrons. The summed E-state index contributed by atoms with van der Waals surface area (Å²) in [5.74, 6) is -0.113. The molecule has 4 rings (SSSR count). The molecular weight excluding hydrogens is 368 g/mol. The van der Waals surface area contributed by atoms with Gasteiger partial charge in [-0.05, 0) is 52.7 Å². The Hall–Kier alpha value is -3.27. The maximum atomic E-state index is 12.9. The lowest BCUT2D eigenvalue weighted by Crippen LogP contribution is -2.34. The van der Waals surface area contributed by atoms with Gasteiger partial charge in [0.2, 0.25) is 0 Å². The number of aromatic nitrogens is 4. The number of hydrogen-bond donors (Lipinski definition) is 1. The highest BCUT2D eigenvalue weighted by atomic mass is 32.2. The Labute approximate surface area is 155 Å². The van der Waals surface area contributed by atoms with Crippen LogP contribution in [0.1, 0.15) is 15.9 Å². The Morgan fingerprint density at radius 3 is 2.74 bits per heavy atom. The van der Waals surface area contributed by atoms with Crippen LogP contribution in [0.3, 0.4) is 0 Å². The lowest BCUT2D eigenvalue weighted by Gasteiger charge is -2.26. The van der Waals surface area contributed by atoms with Crippen LogP contribution in [0.15, 0.2) is 53.7 Å². The zero-order valence-corrected chi connectivity index (χ0v) is 15.2. The molecule has 1 amide bonds. The van der Waals surface area contributed by atoms with E-state index in [1.54, 1.807) is 42.3 Å². The normalized spacial score (nSPS) is 14.1. The molecule has 2 heterocycles. The molecule has 0 saturated heterocycles. The Bertz CT molecular complexity index is 1110. The van der Waals surface area contributed by atoms with Gasteiger partial charge in [0, 0.05) is 19.2 Å². The number of nitrogens with zero attached hydrogens (tertiary/aromatic N) is 5. The summed E-state index contributed by atoms with van der Waals surface area (Å²) in [6.07, 6.45) is 1.97. The molecule has 0 atom stereocenters. The number of anilines is 1. The van der Waals surface area contributed by atoms with Crippen molar-refractivity contribution in [2.45, 2.75) is 11.3 Å². The fraction of sp³-hybridized carbons (Fsp3) is 0.176. The molecule has 0 spiro atoms. The second-order valence-electron chi connectivity index (χ2n) is 6.17. The Morgan fingerprint density at radius 2 is 1.96 bits per heavy atom. The van der Waals surface area contributed by atoms with Gasteiger partial charge >= 0.3 is 0 Å². The van der Waals surface area contributed by atoms with Gasteiger partial charge < -0.3 is 4.90 Å². The maximum absolute atomic E-state index is 12.9. The first-order chi connectivity index (χ1) is 13.0. The summed E-state index contributed by atoms with van der Waals surface area (Å²) in [5.41, 5.74) is 2.17. The largest absolute Gasteiger partial charge is 0.341 e. The van der Waals surface area contributed by atoms with Crippen LogP contribution in [0.25, 0.3) is 5.69 Å². The van der Waals surface area contributed by atoms with Crippen molar-refractivity contribution in [2.24, 2.45) is 0 Å². The molecule has 0 unspecified atom stereocenters. The SMILES string of the molecule is CN1CCc2c(NS(=O)(=O)c3cccc(-n4cnnn4)c3)cccc2C1=O. The van der Waals surface area contributed by atoms with Gasteiger partial charge in [0.15, 0.2) is 0 Å². The van der Waals surface area contributed by atoms with Crippen molar-refractivity contribution in [2.75, 3.05) is 18.3 Å². The van der Waals surface area contributed by atoms with Gasteiger partial charge in [-0.2, -0.15) is 0 Å². The second-order valence-corrected chi connectivity index (χ2v) is 7.85. The summed E-state index contributed by atoms with van der Waals surface area (Å²) in [6.45, 7) is 0.541. The molecule has 1 aliphatic rings. The standard InChI is InChI=1S/C17H16N6O3S/c1-22-9-8-14-15(17(22)24)6-3-7-16(14)19-27(25,26)13-5-2-4-12(10-13)23-11-18-20-21-23/h2-7,10-11,19H,8-9H2,1H3. The number of rotatable bonds is 4. The van der Waals surface area contributed by atoms with Crippen molar-refractivity contribution in [1.29, 1.82) is 0 Å². The number of fused-ring (bicyclic) bond motifs is 1. The van der Waals surface area contributed by atoms with Gasteiger partial charge in [-0.1, -0.05) is 12.1 Å². The van der Waals surface area contributed by atoms with E-state index in [0.29, 0.717) is 35.5 Å². The van der Waals surface area contributed by atoms with Crippen LogP contribution in [-0.4, -0.2) is 53.0 Å². The van der Waals surface area contributed by atoms with Crippen molar-refractivity contribution < 1.29 is 13.2 Å². The second kappa shape index (κ2) is 6.47. The van der Waals surface area contributed by atoms with Crippen molar-refractivity contribution in [3.8, 4) is 5.69 Å². The predicted molar refractivity (Wildman–Crippen MR) is 97.1 cm³/mol. The topological polar surface area (TPSA) is 110 Å². The lowest BCUT2D eigenvalue weighted by molar-refractivity contribution is 0.0781. The van der Waals surface area contributed by atoms with E-state index in [1.165, 1.54) is 23.1 Å². The fourth-order valence-corrected chi connectivity index (χ4v) is 4.15. The van der Waals surface area contributed by atoms with Crippen molar-refractivity contribution in [1.82, 2.24) is 25.1 Å². The molecule has 0 radical (unpaired) electrons. The van der Waals surface area contributed by atoms with E-state index in [9.17, 15) is 13.2 Å². The van der Waals surface area contributed by atoms with E-state index in [2.05, 4.69) is 20.2 Å². The van der Waals surface area contributed by atoms with Crippen molar-refractivity contribution in [3.05, 3.63) is 59.9 Å². The quantitative estimate of drug-likeness (QED) is 0.721. The molecule has 3 aromatic rings. The van der Waals surface area contributed by atoms with Gasteiger partial charge in [-0.3, -0.25) is 9.52 Å². The monoisotopic (exact) mass is 384 g/mol. The number of benzene rings is 2. The Kier molecular flexibility index (Phi) is 4.11. The lowest BCUT2D eigenvalue weighted by atomic mass is 9.98. The van der Waals surface area contributed by atoms with E-state index in [0.717, 1.165) is 0 Å². The van der Waals surface area contributed by atoms with Crippen molar-refractivity contribution in [3.63, 3.8) is 0 Å². The van der Waals surface area contributed by atoms with Crippen molar-refractivity contribution >= 4 is 21.6 Å². The van der Waals surface area contributed by atoms with E-state index in [-0.39, 0.29) is 10.8 Å².